The van der Waals surface area contributed by atoms with Gasteiger partial charge in [0.2, 0.25) is 0 Å². The topological polar surface area (TPSA) is 27.0 Å². The van der Waals surface area contributed by atoms with Gasteiger partial charge in [-0.25, -0.2) is 0 Å². The smallest absolute Gasteiger partial charge is 0.0624 e. The maximum Gasteiger partial charge on any atom is 0.0624 e. The van der Waals surface area contributed by atoms with Crippen LogP contribution in [0.4, 0.5) is 5.69 Å². The fourth-order valence-electron chi connectivity index (χ4n) is 2.97. The quantitative estimate of drug-likeness (QED) is 0.800. The lowest BCUT2D eigenvalue weighted by Gasteiger charge is -2.45. The summed E-state index contributed by atoms with van der Waals surface area (Å²) in [5.74, 6) is 0.512. The van der Waals surface area contributed by atoms with Crippen LogP contribution < -0.4 is 4.90 Å². The molecule has 0 bridgehead atoms. The lowest BCUT2D eigenvalue weighted by Crippen LogP contribution is -2.45. The highest BCUT2D eigenvalue weighted by Crippen LogP contribution is 2.40. The summed E-state index contributed by atoms with van der Waals surface area (Å²) in [4.78, 5) is 2.44. The molecule has 0 N–H and O–H groups in total. The van der Waals surface area contributed by atoms with Crippen LogP contribution in [-0.4, -0.2) is 13.1 Å². The molecule has 19 heavy (non-hydrogen) atoms. The van der Waals surface area contributed by atoms with E-state index >= 15 is 0 Å². The molecule has 1 fully saturated rings. The van der Waals surface area contributed by atoms with Crippen LogP contribution >= 0.6 is 15.9 Å². The van der Waals surface area contributed by atoms with E-state index in [0.717, 1.165) is 19.5 Å². The predicted octanol–water partition coefficient (Wildman–Crippen LogP) is 4.52. The van der Waals surface area contributed by atoms with Crippen molar-refractivity contribution in [3.8, 4) is 6.07 Å². The van der Waals surface area contributed by atoms with E-state index in [-0.39, 0.29) is 5.41 Å². The Labute approximate surface area is 124 Å². The normalized spacial score (nSPS) is 22.1. The molecule has 2 nitrogen and oxygen atoms in total. The Morgan fingerprint density at radius 2 is 2.21 bits per heavy atom. The van der Waals surface area contributed by atoms with Crippen molar-refractivity contribution in [3.05, 3.63) is 28.2 Å². The average molecular weight is 321 g/mol. The van der Waals surface area contributed by atoms with Crippen molar-refractivity contribution in [3.63, 3.8) is 0 Å². The third-order valence-electron chi connectivity index (χ3n) is 4.23. The molecule has 3 heteroatoms. The zero-order chi connectivity index (χ0) is 14.0. The Hall–Kier alpha value is -1.01. The Balaban J connectivity index is 2.19. The van der Waals surface area contributed by atoms with Gasteiger partial charge in [-0.05, 0) is 58.3 Å². The second-order valence-corrected chi connectivity index (χ2v) is 7.07. The summed E-state index contributed by atoms with van der Waals surface area (Å²) in [6.45, 7) is 8.72. The Bertz CT molecular complexity index is 502. The maximum atomic E-state index is 8.94. The first kappa shape index (κ1) is 14.4. The summed E-state index contributed by atoms with van der Waals surface area (Å²) in [5, 5.41) is 8.94. The molecule has 1 heterocycles. The lowest BCUT2D eigenvalue weighted by molar-refractivity contribution is 0.179. The number of benzene rings is 1. The van der Waals surface area contributed by atoms with Crippen LogP contribution in [0.1, 0.15) is 32.3 Å². The number of nitriles is 1. The summed E-state index contributed by atoms with van der Waals surface area (Å²) in [6.07, 6.45) is 1.77. The van der Waals surface area contributed by atoms with E-state index in [2.05, 4.69) is 65.9 Å². The molecule has 1 aromatic rings. The Kier molecular flexibility index (Phi) is 4.20. The van der Waals surface area contributed by atoms with E-state index < -0.39 is 0 Å². The molecule has 102 valence electrons. The van der Waals surface area contributed by atoms with Gasteiger partial charge in [-0.3, -0.25) is 0 Å². The Morgan fingerprint density at radius 3 is 2.79 bits per heavy atom. The number of rotatable bonds is 2. The molecule has 2 rings (SSSR count). The van der Waals surface area contributed by atoms with Gasteiger partial charge >= 0.3 is 0 Å². The first-order valence-corrected chi connectivity index (χ1v) is 7.61. The summed E-state index contributed by atoms with van der Waals surface area (Å²) in [5.41, 5.74) is 2.74. The van der Waals surface area contributed by atoms with Gasteiger partial charge in [0.25, 0.3) is 0 Å². The molecule has 1 aliphatic heterocycles. The first-order valence-electron chi connectivity index (χ1n) is 6.82. The number of halogens is 1. The van der Waals surface area contributed by atoms with Gasteiger partial charge in [-0.1, -0.05) is 19.9 Å². The van der Waals surface area contributed by atoms with Gasteiger partial charge in [0.1, 0.15) is 0 Å². The van der Waals surface area contributed by atoms with Crippen molar-refractivity contribution >= 4 is 21.6 Å². The molecule has 1 aliphatic rings. The summed E-state index contributed by atoms with van der Waals surface area (Å²) < 4.78 is 1.17. The molecule has 0 saturated carbocycles. The van der Waals surface area contributed by atoms with E-state index in [1.807, 2.05) is 0 Å². The van der Waals surface area contributed by atoms with Crippen molar-refractivity contribution < 1.29 is 0 Å². The molecule has 0 aromatic heterocycles. The van der Waals surface area contributed by atoms with Crippen LogP contribution in [0, 0.1) is 29.6 Å². The van der Waals surface area contributed by atoms with Crippen molar-refractivity contribution in [2.24, 2.45) is 11.3 Å². The van der Waals surface area contributed by atoms with E-state index in [0.29, 0.717) is 12.3 Å². The van der Waals surface area contributed by atoms with Gasteiger partial charge < -0.3 is 4.90 Å². The van der Waals surface area contributed by atoms with Crippen molar-refractivity contribution in [1.82, 2.24) is 0 Å². The highest BCUT2D eigenvalue weighted by atomic mass is 79.9. The number of hydrogen-bond donors (Lipinski definition) is 0. The van der Waals surface area contributed by atoms with E-state index in [4.69, 9.17) is 5.26 Å². The van der Waals surface area contributed by atoms with E-state index in [9.17, 15) is 0 Å². The highest BCUT2D eigenvalue weighted by Gasteiger charge is 2.36. The van der Waals surface area contributed by atoms with E-state index in [1.54, 1.807) is 0 Å². The monoisotopic (exact) mass is 320 g/mol. The van der Waals surface area contributed by atoms with Gasteiger partial charge in [-0.2, -0.15) is 5.26 Å². The standard InChI is InChI=1S/C16H21BrN2/c1-12-4-5-15(14(17)10-12)19-9-7-13(6-8-18)16(2,3)11-19/h4-5,10,13H,6-7,9,11H2,1-3H3. The van der Waals surface area contributed by atoms with Gasteiger partial charge in [0.05, 0.1) is 11.8 Å². The fraction of sp³-hybridized carbons (Fsp3) is 0.562. The molecule has 1 unspecified atom stereocenters. The van der Waals surface area contributed by atoms with Crippen molar-refractivity contribution in [2.75, 3.05) is 18.0 Å². The minimum atomic E-state index is 0.193. The minimum absolute atomic E-state index is 0.193. The molecule has 1 aromatic carbocycles. The first-order chi connectivity index (χ1) is 8.94. The van der Waals surface area contributed by atoms with Crippen LogP contribution in [-0.2, 0) is 0 Å². The van der Waals surface area contributed by atoms with Crippen LogP contribution in [0.5, 0.6) is 0 Å². The van der Waals surface area contributed by atoms with Gasteiger partial charge in [0.15, 0.2) is 0 Å². The largest absolute Gasteiger partial charge is 0.370 e. The third-order valence-corrected chi connectivity index (χ3v) is 4.87. The van der Waals surface area contributed by atoms with Crippen LogP contribution in [0.3, 0.4) is 0 Å². The molecule has 1 atom stereocenters. The number of aryl methyl sites for hydroxylation is 1. The SMILES string of the molecule is Cc1ccc(N2CCC(CC#N)C(C)(C)C2)c(Br)c1. The molecule has 0 radical (unpaired) electrons. The maximum absolute atomic E-state index is 8.94. The number of anilines is 1. The number of piperidine rings is 1. The fourth-order valence-corrected chi connectivity index (χ4v) is 3.71. The summed E-state index contributed by atoms with van der Waals surface area (Å²) in [7, 11) is 0. The number of hydrogen-bond acceptors (Lipinski definition) is 2. The van der Waals surface area contributed by atoms with Crippen LogP contribution in [0.25, 0.3) is 0 Å². The molecular weight excluding hydrogens is 300 g/mol. The predicted molar refractivity (Wildman–Crippen MR) is 83.2 cm³/mol. The molecule has 0 amide bonds. The summed E-state index contributed by atoms with van der Waals surface area (Å²) >= 11 is 3.67. The molecule has 1 saturated heterocycles. The zero-order valence-corrected chi connectivity index (χ0v) is 13.5. The molecular formula is C16H21BrN2. The third kappa shape index (κ3) is 3.12. The van der Waals surface area contributed by atoms with Crippen LogP contribution in [0.15, 0.2) is 22.7 Å². The molecule has 0 spiro atoms. The van der Waals surface area contributed by atoms with Crippen molar-refractivity contribution in [1.29, 1.82) is 5.26 Å². The average Bonchev–Trinajstić information content (AvgIpc) is 2.31. The van der Waals surface area contributed by atoms with Crippen LogP contribution in [0.2, 0.25) is 0 Å². The van der Waals surface area contributed by atoms with Crippen molar-refractivity contribution in [2.45, 2.75) is 33.6 Å². The lowest BCUT2D eigenvalue weighted by atomic mass is 9.72. The highest BCUT2D eigenvalue weighted by molar-refractivity contribution is 9.10. The second kappa shape index (κ2) is 5.54. The Morgan fingerprint density at radius 1 is 1.47 bits per heavy atom. The summed E-state index contributed by atoms with van der Waals surface area (Å²) in [6, 6.07) is 8.86. The second-order valence-electron chi connectivity index (χ2n) is 6.21. The van der Waals surface area contributed by atoms with Gasteiger partial charge in [-0.15, -0.1) is 0 Å². The van der Waals surface area contributed by atoms with Gasteiger partial charge in [0, 0.05) is 24.0 Å². The zero-order valence-electron chi connectivity index (χ0n) is 11.9. The minimum Gasteiger partial charge on any atom is -0.370 e. The van der Waals surface area contributed by atoms with E-state index in [1.165, 1.54) is 15.7 Å². The number of nitrogens with zero attached hydrogens (tertiary/aromatic N) is 2. The molecule has 0 aliphatic carbocycles.